The number of hydrogen-bond acceptors (Lipinski definition) is 6. The fourth-order valence-corrected chi connectivity index (χ4v) is 8.27. The van der Waals surface area contributed by atoms with Gasteiger partial charge in [-0.2, -0.15) is 0 Å². The minimum absolute atomic E-state index is 0.540. The highest BCUT2D eigenvalue weighted by Gasteiger charge is 2.29. The Balaban J connectivity index is 1.25. The van der Waals surface area contributed by atoms with Crippen molar-refractivity contribution in [2.75, 3.05) is 4.90 Å². The Hall–Kier alpha value is -7.15. The van der Waals surface area contributed by atoms with E-state index in [2.05, 4.69) is 138 Å². The summed E-state index contributed by atoms with van der Waals surface area (Å²) in [6, 6.07) is 67.3. The van der Waals surface area contributed by atoms with E-state index in [-0.39, 0.29) is 0 Å². The predicted molar refractivity (Wildman–Crippen MR) is 229 cm³/mol. The minimum atomic E-state index is 0.540. The molecule has 0 saturated carbocycles. The van der Waals surface area contributed by atoms with Gasteiger partial charge in [-0.1, -0.05) is 157 Å². The van der Waals surface area contributed by atoms with E-state index in [1.54, 1.807) is 11.8 Å². The van der Waals surface area contributed by atoms with E-state index in [1.807, 2.05) is 66.9 Å². The van der Waals surface area contributed by atoms with Crippen LogP contribution in [0.25, 0.3) is 67.5 Å². The standard InChI is InChI=1S/C50H33N5S/c1-5-17-34(18-6-1)38-29-39(35-19-7-2-8-20-35)31-40(30-38)41-32-42(49-53-47(36-21-9-3-10-22-36)52-48(54-49)37-23-11-4-12-24-37)50(51-33-41)55-43-25-13-15-27-45(43)56-46-28-16-14-26-44(46)55/h1-33H. The molecule has 0 fully saturated rings. The van der Waals surface area contributed by atoms with Crippen LogP contribution in [0.15, 0.2) is 210 Å². The first-order valence-corrected chi connectivity index (χ1v) is 19.4. The maximum Gasteiger partial charge on any atom is 0.167 e. The van der Waals surface area contributed by atoms with Crippen molar-refractivity contribution in [2.24, 2.45) is 0 Å². The van der Waals surface area contributed by atoms with E-state index < -0.39 is 0 Å². The molecule has 0 unspecified atom stereocenters. The van der Waals surface area contributed by atoms with Gasteiger partial charge < -0.3 is 0 Å². The predicted octanol–water partition coefficient (Wildman–Crippen LogP) is 13.2. The first kappa shape index (κ1) is 33.4. The summed E-state index contributed by atoms with van der Waals surface area (Å²) < 4.78 is 0. The average molecular weight is 736 g/mol. The molecule has 2 aromatic heterocycles. The van der Waals surface area contributed by atoms with Gasteiger partial charge in [0.2, 0.25) is 0 Å². The van der Waals surface area contributed by atoms with Crippen LogP contribution in [0.4, 0.5) is 17.2 Å². The molecule has 0 atom stereocenters. The Kier molecular flexibility index (Phi) is 8.71. The van der Waals surface area contributed by atoms with Crippen molar-refractivity contribution < 1.29 is 0 Å². The zero-order valence-corrected chi connectivity index (χ0v) is 31.0. The average Bonchev–Trinajstić information content (AvgIpc) is 3.29. The number of pyridine rings is 1. The maximum absolute atomic E-state index is 5.38. The second-order valence-corrected chi connectivity index (χ2v) is 14.6. The van der Waals surface area contributed by atoms with Gasteiger partial charge in [-0.3, -0.25) is 4.90 Å². The SMILES string of the molecule is c1ccc(-c2cc(-c3ccccc3)cc(-c3cnc(N4c5ccccc5Sc5ccccc54)c(-c4nc(-c5ccccc5)nc(-c5ccccc5)n4)c3)c2)cc1. The molecule has 3 heterocycles. The third kappa shape index (κ3) is 6.42. The Labute approximate surface area is 330 Å². The molecule has 5 nitrogen and oxygen atoms in total. The number of anilines is 3. The minimum Gasteiger partial charge on any atom is -0.292 e. The smallest absolute Gasteiger partial charge is 0.167 e. The van der Waals surface area contributed by atoms with E-state index in [1.165, 1.54) is 0 Å². The van der Waals surface area contributed by atoms with E-state index in [4.69, 9.17) is 19.9 Å². The van der Waals surface area contributed by atoms with Crippen LogP contribution in [0.1, 0.15) is 0 Å². The van der Waals surface area contributed by atoms with Gasteiger partial charge in [-0.05, 0) is 76.3 Å². The third-order valence-corrected chi connectivity index (χ3v) is 11.1. The van der Waals surface area contributed by atoms with Crippen molar-refractivity contribution in [3.8, 4) is 67.5 Å². The molecular weight excluding hydrogens is 703 g/mol. The van der Waals surface area contributed by atoms with Crippen molar-refractivity contribution in [2.45, 2.75) is 9.79 Å². The highest BCUT2D eigenvalue weighted by atomic mass is 32.2. The lowest BCUT2D eigenvalue weighted by atomic mass is 9.93. The van der Waals surface area contributed by atoms with Crippen LogP contribution in [-0.4, -0.2) is 19.9 Å². The molecule has 0 bridgehead atoms. The summed E-state index contributed by atoms with van der Waals surface area (Å²) in [6.45, 7) is 0. The zero-order valence-electron chi connectivity index (χ0n) is 30.2. The van der Waals surface area contributed by atoms with Crippen molar-refractivity contribution in [1.82, 2.24) is 19.9 Å². The van der Waals surface area contributed by atoms with Crippen LogP contribution in [-0.2, 0) is 0 Å². The van der Waals surface area contributed by atoms with Gasteiger partial charge >= 0.3 is 0 Å². The summed E-state index contributed by atoms with van der Waals surface area (Å²) >= 11 is 1.77. The molecule has 6 heteroatoms. The first-order valence-electron chi connectivity index (χ1n) is 18.5. The monoisotopic (exact) mass is 735 g/mol. The molecule has 7 aromatic carbocycles. The fraction of sp³-hybridized carbons (Fsp3) is 0. The number of aromatic nitrogens is 4. The molecule has 1 aliphatic heterocycles. The molecule has 264 valence electrons. The molecule has 0 N–H and O–H groups in total. The van der Waals surface area contributed by atoms with E-state index in [9.17, 15) is 0 Å². The number of fused-ring (bicyclic) bond motifs is 2. The lowest BCUT2D eigenvalue weighted by Crippen LogP contribution is -2.17. The second-order valence-electron chi connectivity index (χ2n) is 13.5. The summed E-state index contributed by atoms with van der Waals surface area (Å²) in [7, 11) is 0. The van der Waals surface area contributed by atoms with E-state index >= 15 is 0 Å². The quantitative estimate of drug-likeness (QED) is 0.162. The van der Waals surface area contributed by atoms with Gasteiger partial charge in [0.05, 0.1) is 16.9 Å². The van der Waals surface area contributed by atoms with Crippen molar-refractivity contribution >= 4 is 29.0 Å². The van der Waals surface area contributed by atoms with Crippen LogP contribution in [0, 0.1) is 0 Å². The normalized spacial score (nSPS) is 11.8. The van der Waals surface area contributed by atoms with Crippen molar-refractivity contribution in [3.63, 3.8) is 0 Å². The van der Waals surface area contributed by atoms with Crippen LogP contribution in [0.2, 0.25) is 0 Å². The summed E-state index contributed by atoms with van der Waals surface area (Å²) in [6.07, 6.45) is 1.99. The topological polar surface area (TPSA) is 54.8 Å². The third-order valence-electron chi connectivity index (χ3n) is 9.93. The van der Waals surface area contributed by atoms with Gasteiger partial charge in [-0.25, -0.2) is 19.9 Å². The summed E-state index contributed by atoms with van der Waals surface area (Å²) in [5.74, 6) is 2.47. The van der Waals surface area contributed by atoms with Crippen LogP contribution >= 0.6 is 11.8 Å². The maximum atomic E-state index is 5.38. The molecule has 1 aliphatic rings. The summed E-state index contributed by atoms with van der Waals surface area (Å²) in [4.78, 5) is 25.4. The largest absolute Gasteiger partial charge is 0.292 e. The number of para-hydroxylation sites is 2. The number of nitrogens with zero attached hydrogens (tertiary/aromatic N) is 5. The highest BCUT2D eigenvalue weighted by Crippen LogP contribution is 2.52. The first-order chi connectivity index (χ1) is 27.7. The molecule has 10 rings (SSSR count). The Morgan fingerprint density at radius 2 is 0.732 bits per heavy atom. The van der Waals surface area contributed by atoms with Gasteiger partial charge in [0, 0.05) is 32.7 Å². The number of benzene rings is 7. The van der Waals surface area contributed by atoms with Crippen LogP contribution in [0.3, 0.4) is 0 Å². The second kappa shape index (κ2) is 14.6. The number of hydrogen-bond donors (Lipinski definition) is 0. The molecular formula is C50H33N5S. The lowest BCUT2D eigenvalue weighted by molar-refractivity contribution is 1.06. The molecule has 0 amide bonds. The molecule has 0 aliphatic carbocycles. The van der Waals surface area contributed by atoms with Crippen molar-refractivity contribution in [1.29, 1.82) is 0 Å². The molecule has 56 heavy (non-hydrogen) atoms. The van der Waals surface area contributed by atoms with Crippen molar-refractivity contribution in [3.05, 3.63) is 200 Å². The molecule has 9 aromatic rings. The highest BCUT2D eigenvalue weighted by molar-refractivity contribution is 7.99. The van der Waals surface area contributed by atoms with Crippen LogP contribution < -0.4 is 4.90 Å². The Morgan fingerprint density at radius 3 is 1.21 bits per heavy atom. The summed E-state index contributed by atoms with van der Waals surface area (Å²) in [5, 5.41) is 0. The van der Waals surface area contributed by atoms with E-state index in [0.29, 0.717) is 17.5 Å². The Morgan fingerprint density at radius 1 is 0.339 bits per heavy atom. The molecule has 0 radical (unpaired) electrons. The van der Waals surface area contributed by atoms with E-state index in [0.717, 1.165) is 77.1 Å². The Bertz CT molecular complexity index is 2670. The fourth-order valence-electron chi connectivity index (χ4n) is 7.21. The van der Waals surface area contributed by atoms with Gasteiger partial charge in [0.25, 0.3) is 0 Å². The molecule has 0 saturated heterocycles. The van der Waals surface area contributed by atoms with Gasteiger partial charge in [-0.15, -0.1) is 0 Å². The van der Waals surface area contributed by atoms with Gasteiger partial charge in [0.1, 0.15) is 5.82 Å². The lowest BCUT2D eigenvalue weighted by Gasteiger charge is -2.33. The van der Waals surface area contributed by atoms with Gasteiger partial charge in [0.15, 0.2) is 17.5 Å². The number of rotatable bonds is 7. The summed E-state index contributed by atoms with van der Waals surface area (Å²) in [5.41, 5.74) is 11.3. The zero-order chi connectivity index (χ0) is 37.3. The van der Waals surface area contributed by atoms with Crippen LogP contribution in [0.5, 0.6) is 0 Å². The molecule has 0 spiro atoms.